The Morgan fingerprint density at radius 3 is 1.92 bits per heavy atom. The smallest absolute Gasteiger partial charge is 0.0561 e. The molecule has 0 aliphatic heterocycles. The zero-order valence-corrected chi connectivity index (χ0v) is 14.1. The zero-order valence-electron chi connectivity index (χ0n) is 14.1. The van der Waals surface area contributed by atoms with Gasteiger partial charge in [-0.15, -0.1) is 0 Å². The summed E-state index contributed by atoms with van der Waals surface area (Å²) in [5.41, 5.74) is 8.96. The van der Waals surface area contributed by atoms with Gasteiger partial charge in [-0.1, -0.05) is 78.4 Å². The molecular weight excluding hydrogens is 292 g/mol. The van der Waals surface area contributed by atoms with Gasteiger partial charge in [0.1, 0.15) is 0 Å². The molecule has 3 aromatic rings. The van der Waals surface area contributed by atoms with Crippen LogP contribution in [0.3, 0.4) is 0 Å². The fraction of sp³-hybridized carbons (Fsp3) is 0.136. The molecule has 120 valence electrons. The molecule has 24 heavy (non-hydrogen) atoms. The largest absolute Gasteiger partial charge is 0.279 e. The summed E-state index contributed by atoms with van der Waals surface area (Å²) in [7, 11) is 0. The van der Waals surface area contributed by atoms with Crippen molar-refractivity contribution in [1.29, 1.82) is 0 Å². The number of hydrogen-bond donors (Lipinski definition) is 1. The SMILES string of the molecule is C/C(=N\Nc1ccccc1)C(c1ccccc1)c1ccc(C)cc1. The lowest BCUT2D eigenvalue weighted by Gasteiger charge is -2.18. The van der Waals surface area contributed by atoms with Crippen molar-refractivity contribution in [2.45, 2.75) is 19.8 Å². The van der Waals surface area contributed by atoms with E-state index in [0.717, 1.165) is 11.4 Å². The van der Waals surface area contributed by atoms with E-state index in [4.69, 9.17) is 0 Å². The van der Waals surface area contributed by atoms with E-state index in [0.29, 0.717) is 0 Å². The number of hydrazone groups is 1. The van der Waals surface area contributed by atoms with Crippen LogP contribution in [0.5, 0.6) is 0 Å². The van der Waals surface area contributed by atoms with Crippen molar-refractivity contribution >= 4 is 11.4 Å². The Kier molecular flexibility index (Phi) is 5.07. The van der Waals surface area contributed by atoms with Gasteiger partial charge in [0.25, 0.3) is 0 Å². The van der Waals surface area contributed by atoms with Crippen molar-refractivity contribution in [3.05, 3.63) is 102 Å². The minimum absolute atomic E-state index is 0.142. The number of benzene rings is 3. The first kappa shape index (κ1) is 16.0. The van der Waals surface area contributed by atoms with Gasteiger partial charge in [-0.25, -0.2) is 0 Å². The van der Waals surface area contributed by atoms with Crippen molar-refractivity contribution < 1.29 is 0 Å². The lowest BCUT2D eigenvalue weighted by atomic mass is 9.87. The lowest BCUT2D eigenvalue weighted by Crippen LogP contribution is -2.13. The molecule has 1 N–H and O–H groups in total. The first-order valence-electron chi connectivity index (χ1n) is 8.21. The molecular formula is C22H22N2. The number of rotatable bonds is 5. The Morgan fingerprint density at radius 2 is 1.29 bits per heavy atom. The molecule has 0 spiro atoms. The maximum Gasteiger partial charge on any atom is 0.0561 e. The standard InChI is InChI=1S/C22H22N2/c1-17-13-15-20(16-14-17)22(19-9-5-3-6-10-19)18(2)23-24-21-11-7-4-8-12-21/h3-16,22,24H,1-2H3/b23-18+. The molecule has 0 heterocycles. The van der Waals surface area contributed by atoms with Gasteiger partial charge < -0.3 is 0 Å². The van der Waals surface area contributed by atoms with Crippen LogP contribution in [0.2, 0.25) is 0 Å². The van der Waals surface area contributed by atoms with Crippen molar-refractivity contribution in [2.24, 2.45) is 5.10 Å². The Bertz CT molecular complexity index is 790. The Hall–Kier alpha value is -2.87. The number of nitrogens with one attached hydrogen (secondary N) is 1. The molecule has 3 aromatic carbocycles. The summed E-state index contributed by atoms with van der Waals surface area (Å²) in [6, 6.07) is 29.2. The van der Waals surface area contributed by atoms with Gasteiger partial charge in [0.05, 0.1) is 5.69 Å². The minimum atomic E-state index is 0.142. The van der Waals surface area contributed by atoms with Crippen LogP contribution in [0.25, 0.3) is 0 Å². The minimum Gasteiger partial charge on any atom is -0.279 e. The molecule has 0 bridgehead atoms. The third-order valence-electron chi connectivity index (χ3n) is 4.10. The van der Waals surface area contributed by atoms with Gasteiger partial charge in [-0.3, -0.25) is 5.43 Å². The number of anilines is 1. The molecule has 2 heteroatoms. The van der Waals surface area contributed by atoms with Crippen LogP contribution in [0.4, 0.5) is 5.69 Å². The average Bonchev–Trinajstić information content (AvgIpc) is 2.64. The Labute approximate surface area is 143 Å². The number of aryl methyl sites for hydroxylation is 1. The first-order valence-corrected chi connectivity index (χ1v) is 8.21. The van der Waals surface area contributed by atoms with Crippen LogP contribution in [-0.4, -0.2) is 5.71 Å². The predicted molar refractivity (Wildman–Crippen MR) is 103 cm³/mol. The van der Waals surface area contributed by atoms with Crippen LogP contribution >= 0.6 is 0 Å². The van der Waals surface area contributed by atoms with Gasteiger partial charge >= 0.3 is 0 Å². The maximum atomic E-state index is 4.64. The number of nitrogens with zero attached hydrogens (tertiary/aromatic N) is 1. The first-order chi connectivity index (χ1) is 11.7. The molecule has 3 rings (SSSR count). The summed E-state index contributed by atoms with van der Waals surface area (Å²) >= 11 is 0. The average molecular weight is 314 g/mol. The molecule has 0 aliphatic carbocycles. The zero-order chi connectivity index (χ0) is 16.8. The maximum absolute atomic E-state index is 4.64. The number of hydrogen-bond acceptors (Lipinski definition) is 2. The quantitative estimate of drug-likeness (QED) is 0.480. The molecule has 0 aromatic heterocycles. The Balaban J connectivity index is 1.93. The van der Waals surface area contributed by atoms with Crippen LogP contribution in [0.15, 0.2) is 90.0 Å². The molecule has 0 radical (unpaired) electrons. The topological polar surface area (TPSA) is 24.4 Å². The molecule has 0 saturated carbocycles. The van der Waals surface area contributed by atoms with Gasteiger partial charge in [-0.2, -0.15) is 5.10 Å². The molecule has 2 nitrogen and oxygen atoms in total. The lowest BCUT2D eigenvalue weighted by molar-refractivity contribution is 1.05. The van der Waals surface area contributed by atoms with Crippen molar-refractivity contribution in [3.63, 3.8) is 0 Å². The second-order valence-electron chi connectivity index (χ2n) is 5.99. The number of para-hydroxylation sites is 1. The summed E-state index contributed by atoms with van der Waals surface area (Å²) < 4.78 is 0. The molecule has 0 amide bonds. The van der Waals surface area contributed by atoms with E-state index in [9.17, 15) is 0 Å². The third kappa shape index (κ3) is 3.90. The molecule has 1 unspecified atom stereocenters. The van der Waals surface area contributed by atoms with Crippen LogP contribution < -0.4 is 5.43 Å². The van der Waals surface area contributed by atoms with Gasteiger partial charge in [0.2, 0.25) is 0 Å². The van der Waals surface area contributed by atoms with E-state index >= 15 is 0 Å². The Morgan fingerprint density at radius 1 is 0.750 bits per heavy atom. The van der Waals surface area contributed by atoms with E-state index in [-0.39, 0.29) is 5.92 Å². The second kappa shape index (κ2) is 7.60. The summed E-state index contributed by atoms with van der Waals surface area (Å²) in [5.74, 6) is 0.142. The normalized spacial score (nSPS) is 12.7. The fourth-order valence-corrected chi connectivity index (χ4v) is 2.81. The second-order valence-corrected chi connectivity index (χ2v) is 5.99. The fourth-order valence-electron chi connectivity index (χ4n) is 2.81. The highest BCUT2D eigenvalue weighted by atomic mass is 15.3. The van der Waals surface area contributed by atoms with Crippen molar-refractivity contribution in [1.82, 2.24) is 0 Å². The molecule has 1 atom stereocenters. The highest BCUT2D eigenvalue weighted by Gasteiger charge is 2.17. The van der Waals surface area contributed by atoms with E-state index < -0.39 is 0 Å². The predicted octanol–water partition coefficient (Wildman–Crippen LogP) is 5.61. The van der Waals surface area contributed by atoms with Gasteiger partial charge in [0, 0.05) is 11.6 Å². The summed E-state index contributed by atoms with van der Waals surface area (Å²) in [6.07, 6.45) is 0. The van der Waals surface area contributed by atoms with E-state index in [1.54, 1.807) is 0 Å². The van der Waals surface area contributed by atoms with Gasteiger partial charge in [0.15, 0.2) is 0 Å². The van der Waals surface area contributed by atoms with E-state index in [2.05, 4.69) is 72.9 Å². The van der Waals surface area contributed by atoms with E-state index in [1.165, 1.54) is 16.7 Å². The molecule has 0 fully saturated rings. The summed E-state index contributed by atoms with van der Waals surface area (Å²) in [4.78, 5) is 0. The summed E-state index contributed by atoms with van der Waals surface area (Å²) in [5, 5.41) is 4.64. The molecule has 0 saturated heterocycles. The third-order valence-corrected chi connectivity index (χ3v) is 4.10. The van der Waals surface area contributed by atoms with Gasteiger partial charge in [-0.05, 0) is 37.1 Å². The van der Waals surface area contributed by atoms with Crippen molar-refractivity contribution in [3.8, 4) is 0 Å². The molecule has 0 aliphatic rings. The van der Waals surface area contributed by atoms with E-state index in [1.807, 2.05) is 36.4 Å². The van der Waals surface area contributed by atoms with Crippen LogP contribution in [-0.2, 0) is 0 Å². The van der Waals surface area contributed by atoms with Crippen LogP contribution in [0.1, 0.15) is 29.5 Å². The summed E-state index contributed by atoms with van der Waals surface area (Å²) in [6.45, 7) is 4.19. The van der Waals surface area contributed by atoms with Crippen molar-refractivity contribution in [2.75, 3.05) is 5.43 Å². The van der Waals surface area contributed by atoms with Crippen LogP contribution in [0, 0.1) is 6.92 Å². The highest BCUT2D eigenvalue weighted by Crippen LogP contribution is 2.26. The highest BCUT2D eigenvalue weighted by molar-refractivity contribution is 5.92. The monoisotopic (exact) mass is 314 g/mol.